The van der Waals surface area contributed by atoms with Gasteiger partial charge >= 0.3 is 0 Å². The predicted molar refractivity (Wildman–Crippen MR) is 92.9 cm³/mol. The van der Waals surface area contributed by atoms with Crippen LogP contribution in [0.5, 0.6) is 0 Å². The van der Waals surface area contributed by atoms with E-state index in [9.17, 15) is 4.79 Å². The van der Waals surface area contributed by atoms with Crippen molar-refractivity contribution in [2.24, 2.45) is 0 Å². The standard InChI is InChI=1S/C17H15BrCl2O/c1-17(2,20)16(21)13-5-3-11(4-6-13)15(18)12-7-9-14(19)10-8-12/h3-10,15H,1-2H3. The van der Waals surface area contributed by atoms with Crippen LogP contribution in [0.3, 0.4) is 0 Å². The monoisotopic (exact) mass is 384 g/mol. The van der Waals surface area contributed by atoms with E-state index >= 15 is 0 Å². The smallest absolute Gasteiger partial charge is 0.183 e. The first kappa shape index (κ1) is 16.5. The van der Waals surface area contributed by atoms with E-state index in [4.69, 9.17) is 23.2 Å². The van der Waals surface area contributed by atoms with Crippen LogP contribution in [0, 0.1) is 0 Å². The van der Waals surface area contributed by atoms with E-state index in [0.29, 0.717) is 10.6 Å². The molecule has 0 fully saturated rings. The van der Waals surface area contributed by atoms with Gasteiger partial charge in [-0.25, -0.2) is 0 Å². The third-order valence-electron chi connectivity index (χ3n) is 3.17. The Hall–Kier alpha value is -0.830. The molecule has 0 aliphatic heterocycles. The van der Waals surface area contributed by atoms with Gasteiger partial charge in [0.1, 0.15) is 4.87 Å². The molecule has 0 spiro atoms. The molecule has 1 nitrogen and oxygen atoms in total. The Morgan fingerprint density at radius 2 is 1.43 bits per heavy atom. The second-order valence-electron chi connectivity index (χ2n) is 5.34. The van der Waals surface area contributed by atoms with E-state index in [2.05, 4.69) is 15.9 Å². The molecule has 0 aliphatic carbocycles. The molecule has 0 aromatic heterocycles. The highest BCUT2D eigenvalue weighted by atomic mass is 79.9. The Morgan fingerprint density at radius 3 is 1.86 bits per heavy atom. The first-order chi connectivity index (χ1) is 9.79. The molecule has 2 aromatic carbocycles. The molecule has 0 bridgehead atoms. The summed E-state index contributed by atoms with van der Waals surface area (Å²) in [7, 11) is 0. The molecule has 4 heteroatoms. The fourth-order valence-corrected chi connectivity index (χ4v) is 2.82. The van der Waals surface area contributed by atoms with E-state index in [-0.39, 0.29) is 10.6 Å². The van der Waals surface area contributed by atoms with Gasteiger partial charge in [-0.05, 0) is 37.1 Å². The summed E-state index contributed by atoms with van der Waals surface area (Å²) in [6, 6.07) is 15.2. The van der Waals surface area contributed by atoms with Gasteiger partial charge < -0.3 is 0 Å². The fourth-order valence-electron chi connectivity index (χ4n) is 1.97. The number of carbonyl (C=O) groups is 1. The van der Waals surface area contributed by atoms with Crippen LogP contribution in [0.25, 0.3) is 0 Å². The Bertz CT molecular complexity index is 627. The molecule has 0 radical (unpaired) electrons. The van der Waals surface area contributed by atoms with Gasteiger partial charge in [0.05, 0.1) is 4.83 Å². The number of alkyl halides is 2. The Balaban J connectivity index is 2.23. The largest absolute Gasteiger partial charge is 0.292 e. The number of rotatable bonds is 4. The predicted octanol–water partition coefficient (Wildman–Crippen LogP) is 6.02. The van der Waals surface area contributed by atoms with Crippen LogP contribution in [0.1, 0.15) is 40.2 Å². The van der Waals surface area contributed by atoms with Crippen molar-refractivity contribution < 1.29 is 4.79 Å². The highest BCUT2D eigenvalue weighted by molar-refractivity contribution is 9.09. The second-order valence-corrected chi connectivity index (χ2v) is 7.63. The normalized spacial score (nSPS) is 13.0. The summed E-state index contributed by atoms with van der Waals surface area (Å²) in [4.78, 5) is 11.3. The van der Waals surface area contributed by atoms with Crippen LogP contribution in [-0.2, 0) is 0 Å². The van der Waals surface area contributed by atoms with Crippen LogP contribution >= 0.6 is 39.1 Å². The van der Waals surface area contributed by atoms with Gasteiger partial charge in [0, 0.05) is 10.6 Å². The van der Waals surface area contributed by atoms with Crippen LogP contribution in [0.4, 0.5) is 0 Å². The molecule has 0 amide bonds. The van der Waals surface area contributed by atoms with E-state index in [1.165, 1.54) is 0 Å². The zero-order valence-corrected chi connectivity index (χ0v) is 14.8. The summed E-state index contributed by atoms with van der Waals surface area (Å²) in [6.45, 7) is 3.40. The summed E-state index contributed by atoms with van der Waals surface area (Å²) < 4.78 is 0. The molecule has 0 saturated heterocycles. The minimum atomic E-state index is -0.883. The van der Waals surface area contributed by atoms with Crippen LogP contribution < -0.4 is 0 Å². The second kappa shape index (κ2) is 6.51. The van der Waals surface area contributed by atoms with Gasteiger partial charge in [-0.1, -0.05) is 63.9 Å². The minimum absolute atomic E-state index is 0.0583. The summed E-state index contributed by atoms with van der Waals surface area (Å²) in [6.07, 6.45) is 0. The van der Waals surface area contributed by atoms with Crippen molar-refractivity contribution in [3.63, 3.8) is 0 Å². The molecule has 21 heavy (non-hydrogen) atoms. The number of hydrogen-bond donors (Lipinski definition) is 0. The van der Waals surface area contributed by atoms with Crippen LogP contribution in [0.2, 0.25) is 5.02 Å². The summed E-state index contributed by atoms with van der Waals surface area (Å²) in [5.74, 6) is -0.0756. The number of halogens is 3. The lowest BCUT2D eigenvalue weighted by atomic mass is 9.97. The fraction of sp³-hybridized carbons (Fsp3) is 0.235. The van der Waals surface area contributed by atoms with Gasteiger partial charge in [0.25, 0.3) is 0 Å². The Kier molecular flexibility index (Phi) is 5.13. The molecular formula is C17H15BrCl2O. The van der Waals surface area contributed by atoms with Crippen molar-refractivity contribution in [3.8, 4) is 0 Å². The summed E-state index contributed by atoms with van der Waals surface area (Å²) >= 11 is 15.6. The minimum Gasteiger partial charge on any atom is -0.292 e. The lowest BCUT2D eigenvalue weighted by Gasteiger charge is -2.15. The van der Waals surface area contributed by atoms with Crippen molar-refractivity contribution in [2.45, 2.75) is 23.5 Å². The molecule has 1 unspecified atom stereocenters. The maximum absolute atomic E-state index is 12.1. The highest BCUT2D eigenvalue weighted by Gasteiger charge is 2.25. The third-order valence-corrected chi connectivity index (χ3v) is 4.65. The van der Waals surface area contributed by atoms with E-state index in [1.54, 1.807) is 13.8 Å². The zero-order chi connectivity index (χ0) is 15.6. The Morgan fingerprint density at radius 1 is 1.00 bits per heavy atom. The van der Waals surface area contributed by atoms with Crippen LogP contribution in [0.15, 0.2) is 48.5 Å². The lowest BCUT2D eigenvalue weighted by molar-refractivity contribution is 0.0954. The number of carbonyl (C=O) groups excluding carboxylic acids is 1. The van der Waals surface area contributed by atoms with E-state index in [0.717, 1.165) is 11.1 Å². The van der Waals surface area contributed by atoms with Gasteiger partial charge in [0.15, 0.2) is 5.78 Å². The molecule has 0 saturated carbocycles. The maximum Gasteiger partial charge on any atom is 0.183 e. The van der Waals surface area contributed by atoms with Crippen molar-refractivity contribution in [1.82, 2.24) is 0 Å². The molecule has 1 atom stereocenters. The average Bonchev–Trinajstić information content (AvgIpc) is 2.46. The molecular weight excluding hydrogens is 371 g/mol. The van der Waals surface area contributed by atoms with Crippen molar-refractivity contribution >= 4 is 44.9 Å². The Labute approximate surface area is 143 Å². The van der Waals surface area contributed by atoms with Crippen LogP contribution in [-0.4, -0.2) is 10.7 Å². The SMILES string of the molecule is CC(C)(Cl)C(=O)c1ccc(C(Br)c2ccc(Cl)cc2)cc1. The molecule has 2 aromatic rings. The van der Waals surface area contributed by atoms with Crippen molar-refractivity contribution in [1.29, 1.82) is 0 Å². The van der Waals surface area contributed by atoms with E-state index < -0.39 is 4.87 Å². The molecule has 110 valence electrons. The summed E-state index contributed by atoms with van der Waals surface area (Å²) in [5.41, 5.74) is 2.80. The first-order valence-corrected chi connectivity index (χ1v) is 8.19. The maximum atomic E-state index is 12.1. The van der Waals surface area contributed by atoms with Gasteiger partial charge in [-0.3, -0.25) is 4.79 Å². The van der Waals surface area contributed by atoms with Crippen molar-refractivity contribution in [3.05, 3.63) is 70.2 Å². The zero-order valence-electron chi connectivity index (χ0n) is 11.7. The number of hydrogen-bond acceptors (Lipinski definition) is 1. The number of benzene rings is 2. The number of ketones is 1. The lowest BCUT2D eigenvalue weighted by Crippen LogP contribution is -2.24. The highest BCUT2D eigenvalue weighted by Crippen LogP contribution is 2.32. The van der Waals surface area contributed by atoms with Gasteiger partial charge in [-0.2, -0.15) is 0 Å². The molecule has 2 rings (SSSR count). The third kappa shape index (κ3) is 4.09. The average molecular weight is 386 g/mol. The number of Topliss-reactive ketones (excluding diaryl/α,β-unsaturated/α-hetero) is 1. The topological polar surface area (TPSA) is 17.1 Å². The van der Waals surface area contributed by atoms with Gasteiger partial charge in [0.2, 0.25) is 0 Å². The van der Waals surface area contributed by atoms with Crippen molar-refractivity contribution in [2.75, 3.05) is 0 Å². The molecule has 0 heterocycles. The van der Waals surface area contributed by atoms with E-state index in [1.807, 2.05) is 48.5 Å². The molecule has 0 N–H and O–H groups in total. The molecule has 0 aliphatic rings. The first-order valence-electron chi connectivity index (χ1n) is 6.52. The quantitative estimate of drug-likeness (QED) is 0.464. The summed E-state index contributed by atoms with van der Waals surface area (Å²) in [5, 5.41) is 0.712. The van der Waals surface area contributed by atoms with Gasteiger partial charge in [-0.15, -0.1) is 11.6 Å².